The zero-order valence-corrected chi connectivity index (χ0v) is 13.1. The largest absolute Gasteiger partial charge is 0.494 e. The number of ether oxygens (including phenoxy) is 1. The molecule has 0 heterocycles. The van der Waals surface area contributed by atoms with Crippen molar-refractivity contribution >= 4 is 0 Å². The summed E-state index contributed by atoms with van der Waals surface area (Å²) in [5, 5.41) is 0. The average molecular weight is 250 g/mol. The molecule has 0 aromatic rings. The molecule has 2 aliphatic carbocycles. The van der Waals surface area contributed by atoms with Crippen LogP contribution in [0.25, 0.3) is 0 Å². The molecule has 2 aliphatic rings. The zero-order valence-electron chi connectivity index (χ0n) is 13.1. The second-order valence-electron chi connectivity index (χ2n) is 7.88. The molecule has 0 radical (unpaired) electrons. The highest BCUT2D eigenvalue weighted by molar-refractivity contribution is 5.13. The first-order valence-electron chi connectivity index (χ1n) is 7.51. The van der Waals surface area contributed by atoms with Crippen LogP contribution in [0.5, 0.6) is 0 Å². The summed E-state index contributed by atoms with van der Waals surface area (Å²) in [5.74, 6) is 1.82. The number of hydrogen-bond donors (Lipinski definition) is 0. The Balaban J connectivity index is 2.12. The summed E-state index contributed by atoms with van der Waals surface area (Å²) < 4.78 is 6.35. The van der Waals surface area contributed by atoms with Crippen LogP contribution in [0.2, 0.25) is 0 Å². The Bertz CT molecular complexity index is 353. The minimum Gasteiger partial charge on any atom is -0.494 e. The predicted octanol–water partition coefficient (Wildman–Crippen LogP) is 5.17. The van der Waals surface area contributed by atoms with Gasteiger partial charge in [0.2, 0.25) is 0 Å². The second-order valence-corrected chi connectivity index (χ2v) is 7.88. The number of rotatable bonds is 4. The van der Waals surface area contributed by atoms with Crippen LogP contribution >= 0.6 is 0 Å². The Morgan fingerprint density at radius 3 is 2.33 bits per heavy atom. The molecule has 3 unspecified atom stereocenters. The van der Waals surface area contributed by atoms with Gasteiger partial charge in [0.1, 0.15) is 6.10 Å². The molecular formula is C17H30O. The van der Waals surface area contributed by atoms with E-state index < -0.39 is 0 Å². The molecule has 2 saturated carbocycles. The molecule has 0 N–H and O–H groups in total. The van der Waals surface area contributed by atoms with E-state index in [9.17, 15) is 0 Å². The smallest absolute Gasteiger partial charge is 0.104 e. The molecule has 104 valence electrons. The molecule has 1 heteroatoms. The summed E-state index contributed by atoms with van der Waals surface area (Å²) in [6.07, 6.45) is 5.39. The van der Waals surface area contributed by atoms with Crippen molar-refractivity contribution in [3.63, 3.8) is 0 Å². The molecule has 1 nitrogen and oxygen atoms in total. The zero-order chi connectivity index (χ0) is 13.8. The fourth-order valence-corrected chi connectivity index (χ4v) is 3.84. The van der Waals surface area contributed by atoms with Crippen molar-refractivity contribution in [3.8, 4) is 0 Å². The van der Waals surface area contributed by atoms with Crippen molar-refractivity contribution in [1.29, 1.82) is 0 Å². The van der Waals surface area contributed by atoms with Gasteiger partial charge in [-0.2, -0.15) is 0 Å². The van der Waals surface area contributed by atoms with Crippen molar-refractivity contribution in [2.75, 3.05) is 0 Å². The van der Waals surface area contributed by atoms with Gasteiger partial charge in [-0.3, -0.25) is 0 Å². The fraction of sp³-hybridized carbons (Fsp3) is 0.882. The van der Waals surface area contributed by atoms with Crippen LogP contribution in [0.3, 0.4) is 0 Å². The number of fused-ring (bicyclic) bond motifs is 2. The lowest BCUT2D eigenvalue weighted by atomic mass is 9.70. The monoisotopic (exact) mass is 250 g/mol. The average Bonchev–Trinajstić information content (AvgIpc) is 2.62. The summed E-state index contributed by atoms with van der Waals surface area (Å²) >= 11 is 0. The molecule has 2 fully saturated rings. The first kappa shape index (κ1) is 14.0. The standard InChI is InChI=1S/C17H30O/c1-8-15(3,4)12(2)18-14-11-13-9-10-17(14,7)16(13,5)6/h13-14H,2,8-11H2,1,3-7H3. The van der Waals surface area contributed by atoms with E-state index in [0.29, 0.717) is 16.9 Å². The lowest BCUT2D eigenvalue weighted by Crippen LogP contribution is -2.38. The Labute approximate surface area is 113 Å². The van der Waals surface area contributed by atoms with E-state index in [1.807, 2.05) is 0 Å². The van der Waals surface area contributed by atoms with Crippen LogP contribution in [0, 0.1) is 22.2 Å². The van der Waals surface area contributed by atoms with Crippen molar-refractivity contribution in [3.05, 3.63) is 12.3 Å². The summed E-state index contributed by atoms with van der Waals surface area (Å²) in [6, 6.07) is 0. The Kier molecular flexibility index (Phi) is 3.11. The van der Waals surface area contributed by atoms with Crippen molar-refractivity contribution in [2.45, 2.75) is 73.3 Å². The van der Waals surface area contributed by atoms with Crippen LogP contribution in [-0.4, -0.2) is 6.10 Å². The highest BCUT2D eigenvalue weighted by Crippen LogP contribution is 2.66. The predicted molar refractivity (Wildman–Crippen MR) is 77.3 cm³/mol. The SMILES string of the molecule is C=C(OC1CC2CCC1(C)C2(C)C)C(C)(C)CC. The molecule has 2 bridgehead atoms. The van der Waals surface area contributed by atoms with E-state index in [4.69, 9.17) is 4.74 Å². The fourth-order valence-electron chi connectivity index (χ4n) is 3.84. The van der Waals surface area contributed by atoms with E-state index >= 15 is 0 Å². The molecule has 18 heavy (non-hydrogen) atoms. The van der Waals surface area contributed by atoms with Gasteiger partial charge in [0.15, 0.2) is 0 Å². The van der Waals surface area contributed by atoms with E-state index in [-0.39, 0.29) is 5.41 Å². The third-order valence-corrected chi connectivity index (χ3v) is 6.64. The molecule has 0 spiro atoms. The van der Waals surface area contributed by atoms with Gasteiger partial charge in [-0.1, -0.05) is 48.1 Å². The van der Waals surface area contributed by atoms with Crippen molar-refractivity contribution in [1.82, 2.24) is 0 Å². The minimum absolute atomic E-state index is 0.0995. The van der Waals surface area contributed by atoms with Gasteiger partial charge < -0.3 is 4.74 Å². The molecular weight excluding hydrogens is 220 g/mol. The van der Waals surface area contributed by atoms with Crippen LogP contribution in [0.1, 0.15) is 67.2 Å². The highest BCUT2D eigenvalue weighted by Gasteiger charge is 2.62. The van der Waals surface area contributed by atoms with Crippen LogP contribution in [-0.2, 0) is 4.74 Å². The maximum Gasteiger partial charge on any atom is 0.104 e. The van der Waals surface area contributed by atoms with Crippen molar-refractivity contribution in [2.24, 2.45) is 22.2 Å². The molecule has 3 atom stereocenters. The Hall–Kier alpha value is -0.460. The normalized spacial score (nSPS) is 37.9. The molecule has 0 aromatic carbocycles. The maximum atomic E-state index is 6.35. The molecule has 0 aromatic heterocycles. The molecule has 2 rings (SSSR count). The first-order chi connectivity index (χ1) is 8.15. The Morgan fingerprint density at radius 2 is 1.94 bits per heavy atom. The first-order valence-corrected chi connectivity index (χ1v) is 7.51. The quantitative estimate of drug-likeness (QED) is 0.626. The van der Waals surface area contributed by atoms with Gasteiger partial charge in [-0.25, -0.2) is 0 Å². The molecule has 0 saturated heterocycles. The van der Waals surface area contributed by atoms with E-state index in [2.05, 4.69) is 48.1 Å². The summed E-state index contributed by atoms with van der Waals surface area (Å²) in [5.41, 5.74) is 0.862. The second kappa shape index (κ2) is 4.02. The van der Waals surface area contributed by atoms with Gasteiger partial charge in [-0.15, -0.1) is 0 Å². The van der Waals surface area contributed by atoms with Gasteiger partial charge in [0.25, 0.3) is 0 Å². The molecule has 0 amide bonds. The van der Waals surface area contributed by atoms with E-state index in [1.54, 1.807) is 0 Å². The Morgan fingerprint density at radius 1 is 1.33 bits per heavy atom. The lowest BCUT2D eigenvalue weighted by Gasteiger charge is -2.41. The minimum atomic E-state index is 0.0995. The van der Waals surface area contributed by atoms with Crippen LogP contribution in [0.15, 0.2) is 12.3 Å². The molecule has 0 aliphatic heterocycles. The number of allylic oxidation sites excluding steroid dienone is 1. The third-order valence-electron chi connectivity index (χ3n) is 6.64. The van der Waals surface area contributed by atoms with E-state index in [0.717, 1.165) is 18.1 Å². The van der Waals surface area contributed by atoms with Crippen molar-refractivity contribution < 1.29 is 4.74 Å². The van der Waals surface area contributed by atoms with Gasteiger partial charge in [0, 0.05) is 10.8 Å². The van der Waals surface area contributed by atoms with E-state index in [1.165, 1.54) is 19.3 Å². The van der Waals surface area contributed by atoms with Crippen LogP contribution in [0.4, 0.5) is 0 Å². The summed E-state index contributed by atoms with van der Waals surface area (Å²) in [6.45, 7) is 18.2. The highest BCUT2D eigenvalue weighted by atomic mass is 16.5. The maximum absolute atomic E-state index is 6.35. The van der Waals surface area contributed by atoms with Gasteiger partial charge in [0.05, 0.1) is 5.76 Å². The number of hydrogen-bond acceptors (Lipinski definition) is 1. The van der Waals surface area contributed by atoms with Gasteiger partial charge in [-0.05, 0) is 37.0 Å². The summed E-state index contributed by atoms with van der Waals surface area (Å²) in [7, 11) is 0. The van der Waals surface area contributed by atoms with Crippen LogP contribution < -0.4 is 0 Å². The topological polar surface area (TPSA) is 9.23 Å². The summed E-state index contributed by atoms with van der Waals surface area (Å²) in [4.78, 5) is 0. The van der Waals surface area contributed by atoms with Gasteiger partial charge >= 0.3 is 0 Å². The lowest BCUT2D eigenvalue weighted by molar-refractivity contribution is -0.0303. The third kappa shape index (κ3) is 1.73.